The van der Waals surface area contributed by atoms with Crippen LogP contribution in [0.5, 0.6) is 0 Å². The standard InChI is InChI=1S/C16H13IN2O4S/c1-18-14-11(13(20)19(9-17)16(18)22)7-12(24-14)15(21)23-8-10-5-3-2-4-6-10/h2-7H,8-9H2,1H3. The van der Waals surface area contributed by atoms with Gasteiger partial charge in [0.15, 0.2) is 0 Å². The Morgan fingerprint density at radius 1 is 1.25 bits per heavy atom. The summed E-state index contributed by atoms with van der Waals surface area (Å²) in [6.45, 7) is 0.158. The van der Waals surface area contributed by atoms with E-state index in [4.69, 9.17) is 4.74 Å². The second-order valence-electron chi connectivity index (χ2n) is 5.09. The first-order chi connectivity index (χ1) is 11.5. The van der Waals surface area contributed by atoms with E-state index < -0.39 is 11.7 Å². The van der Waals surface area contributed by atoms with Gasteiger partial charge >= 0.3 is 11.7 Å². The van der Waals surface area contributed by atoms with Crippen LogP contribution in [-0.2, 0) is 22.9 Å². The first kappa shape index (κ1) is 16.9. The fourth-order valence-electron chi connectivity index (χ4n) is 2.28. The zero-order chi connectivity index (χ0) is 17.3. The summed E-state index contributed by atoms with van der Waals surface area (Å²) >= 11 is 3.04. The van der Waals surface area contributed by atoms with Gasteiger partial charge in [-0.1, -0.05) is 52.9 Å². The number of carbonyl (C=O) groups excluding carboxylic acids is 1. The van der Waals surface area contributed by atoms with Crippen LogP contribution < -0.4 is 11.2 Å². The Balaban J connectivity index is 1.95. The van der Waals surface area contributed by atoms with Crippen LogP contribution in [0.25, 0.3) is 10.2 Å². The number of fused-ring (bicyclic) bond motifs is 1. The Morgan fingerprint density at radius 2 is 1.96 bits per heavy atom. The number of alkyl halides is 1. The molecule has 0 spiro atoms. The summed E-state index contributed by atoms with van der Waals surface area (Å²) in [4.78, 5) is 37.5. The van der Waals surface area contributed by atoms with E-state index in [2.05, 4.69) is 0 Å². The fraction of sp³-hybridized carbons (Fsp3) is 0.188. The predicted octanol–water partition coefficient (Wildman–Crippen LogP) is 2.51. The molecule has 0 fully saturated rings. The van der Waals surface area contributed by atoms with E-state index >= 15 is 0 Å². The molecule has 0 radical (unpaired) electrons. The largest absolute Gasteiger partial charge is 0.457 e. The van der Waals surface area contributed by atoms with Crippen LogP contribution in [0.1, 0.15) is 15.2 Å². The predicted molar refractivity (Wildman–Crippen MR) is 101 cm³/mol. The molecule has 0 aliphatic rings. The normalized spacial score (nSPS) is 10.9. The lowest BCUT2D eigenvalue weighted by Crippen LogP contribution is -2.37. The van der Waals surface area contributed by atoms with Crippen molar-refractivity contribution in [2.75, 3.05) is 0 Å². The summed E-state index contributed by atoms with van der Waals surface area (Å²) in [7, 11) is 1.59. The van der Waals surface area contributed by atoms with Gasteiger partial charge in [-0.2, -0.15) is 0 Å². The lowest BCUT2D eigenvalue weighted by molar-refractivity contribution is 0.0478. The van der Waals surface area contributed by atoms with E-state index in [0.29, 0.717) is 15.1 Å². The maximum Gasteiger partial charge on any atom is 0.348 e. The Morgan fingerprint density at radius 3 is 2.62 bits per heavy atom. The number of carbonyl (C=O) groups is 1. The van der Waals surface area contributed by atoms with Gasteiger partial charge in [0.25, 0.3) is 5.56 Å². The first-order valence-corrected chi connectivity index (χ1v) is 9.37. The van der Waals surface area contributed by atoms with Crippen molar-refractivity contribution >= 4 is 50.1 Å². The van der Waals surface area contributed by atoms with Crippen molar-refractivity contribution in [3.8, 4) is 0 Å². The monoisotopic (exact) mass is 456 g/mol. The third-order valence-electron chi connectivity index (χ3n) is 3.54. The number of thiophene rings is 1. The number of rotatable bonds is 4. The maximum atomic E-state index is 12.3. The van der Waals surface area contributed by atoms with E-state index in [0.717, 1.165) is 21.5 Å². The van der Waals surface area contributed by atoms with Crippen molar-refractivity contribution in [3.05, 3.63) is 67.7 Å². The van der Waals surface area contributed by atoms with Gasteiger partial charge in [0, 0.05) is 7.05 Å². The number of benzene rings is 1. The highest BCUT2D eigenvalue weighted by atomic mass is 127. The number of halogens is 1. The quantitative estimate of drug-likeness (QED) is 0.344. The Bertz CT molecular complexity index is 1020. The number of hydrogen-bond acceptors (Lipinski definition) is 5. The molecular formula is C16H13IN2O4S. The van der Waals surface area contributed by atoms with Crippen LogP contribution >= 0.6 is 33.9 Å². The highest BCUT2D eigenvalue weighted by Gasteiger charge is 2.18. The molecule has 124 valence electrons. The summed E-state index contributed by atoms with van der Waals surface area (Å²) in [5.41, 5.74) is 0.0976. The van der Waals surface area contributed by atoms with E-state index in [1.165, 1.54) is 10.6 Å². The lowest BCUT2D eigenvalue weighted by Gasteiger charge is -2.04. The van der Waals surface area contributed by atoms with Crippen molar-refractivity contribution < 1.29 is 9.53 Å². The van der Waals surface area contributed by atoms with E-state index in [1.54, 1.807) is 7.05 Å². The highest BCUT2D eigenvalue weighted by molar-refractivity contribution is 14.1. The van der Waals surface area contributed by atoms with Crippen molar-refractivity contribution in [2.24, 2.45) is 7.05 Å². The maximum absolute atomic E-state index is 12.3. The number of nitrogens with zero attached hydrogens (tertiary/aromatic N) is 2. The molecule has 8 heteroatoms. The van der Waals surface area contributed by atoms with Crippen LogP contribution in [-0.4, -0.2) is 15.1 Å². The van der Waals surface area contributed by atoms with Crippen molar-refractivity contribution in [1.29, 1.82) is 0 Å². The van der Waals surface area contributed by atoms with Crippen LogP contribution in [0.15, 0.2) is 46.0 Å². The Hall–Kier alpha value is -1.94. The SMILES string of the molecule is Cn1c(=O)n(CI)c(=O)c2cc(C(=O)OCc3ccccc3)sc21. The third-order valence-corrected chi connectivity index (χ3v) is 5.42. The van der Waals surface area contributed by atoms with Gasteiger partial charge in [0.05, 0.1) is 9.94 Å². The summed E-state index contributed by atoms with van der Waals surface area (Å²) in [5, 5.41) is 0.352. The number of esters is 1. The minimum Gasteiger partial charge on any atom is -0.457 e. The van der Waals surface area contributed by atoms with Gasteiger partial charge in [0.2, 0.25) is 0 Å². The van der Waals surface area contributed by atoms with Crippen LogP contribution in [0.2, 0.25) is 0 Å². The van der Waals surface area contributed by atoms with Crippen molar-refractivity contribution in [2.45, 2.75) is 11.2 Å². The highest BCUT2D eigenvalue weighted by Crippen LogP contribution is 2.23. The van der Waals surface area contributed by atoms with E-state index in [1.807, 2.05) is 52.9 Å². The molecule has 0 aliphatic carbocycles. The molecule has 2 heterocycles. The minimum atomic E-state index is -0.507. The van der Waals surface area contributed by atoms with Crippen molar-refractivity contribution in [1.82, 2.24) is 9.13 Å². The smallest absolute Gasteiger partial charge is 0.348 e. The lowest BCUT2D eigenvalue weighted by atomic mass is 10.2. The Kier molecular flexibility index (Phi) is 4.86. The molecule has 0 amide bonds. The molecule has 1 aromatic carbocycles. The van der Waals surface area contributed by atoms with E-state index in [9.17, 15) is 14.4 Å². The molecule has 0 atom stereocenters. The number of aromatic nitrogens is 2. The van der Waals surface area contributed by atoms with Gasteiger partial charge in [-0.15, -0.1) is 11.3 Å². The van der Waals surface area contributed by atoms with Crippen LogP contribution in [0.3, 0.4) is 0 Å². The van der Waals surface area contributed by atoms with Crippen LogP contribution in [0, 0.1) is 0 Å². The summed E-state index contributed by atoms with van der Waals surface area (Å²) < 4.78 is 8.05. The summed E-state index contributed by atoms with van der Waals surface area (Å²) in [6, 6.07) is 10.8. The number of aryl methyl sites for hydroxylation is 1. The molecule has 0 bridgehead atoms. The van der Waals surface area contributed by atoms with Gasteiger partial charge in [-0.3, -0.25) is 9.36 Å². The van der Waals surface area contributed by atoms with Gasteiger partial charge in [-0.05, 0) is 11.6 Å². The molecular weight excluding hydrogens is 443 g/mol. The third kappa shape index (κ3) is 3.03. The fourth-order valence-corrected chi connectivity index (χ4v) is 3.88. The zero-order valence-electron chi connectivity index (χ0n) is 12.7. The second kappa shape index (κ2) is 6.89. The zero-order valence-corrected chi connectivity index (χ0v) is 15.7. The van der Waals surface area contributed by atoms with Gasteiger partial charge in [0.1, 0.15) is 16.3 Å². The second-order valence-corrected chi connectivity index (χ2v) is 6.80. The van der Waals surface area contributed by atoms with Gasteiger partial charge in [-0.25, -0.2) is 14.2 Å². The molecule has 0 saturated heterocycles. The van der Waals surface area contributed by atoms with Crippen molar-refractivity contribution in [3.63, 3.8) is 0 Å². The summed E-state index contributed by atoms with van der Waals surface area (Å²) in [5.74, 6) is -0.507. The average molecular weight is 456 g/mol. The summed E-state index contributed by atoms with van der Waals surface area (Å²) in [6.07, 6.45) is 0. The van der Waals surface area contributed by atoms with E-state index in [-0.39, 0.29) is 16.7 Å². The topological polar surface area (TPSA) is 70.3 Å². The molecule has 0 saturated carbocycles. The molecule has 3 aromatic rings. The molecule has 3 rings (SSSR count). The number of ether oxygens (including phenoxy) is 1. The molecule has 0 unspecified atom stereocenters. The minimum absolute atomic E-state index is 0.158. The molecule has 0 N–H and O–H groups in total. The molecule has 0 aliphatic heterocycles. The Labute approximate surface area is 154 Å². The number of hydrogen-bond donors (Lipinski definition) is 0. The van der Waals surface area contributed by atoms with Crippen LogP contribution in [0.4, 0.5) is 0 Å². The molecule has 24 heavy (non-hydrogen) atoms. The molecule has 2 aromatic heterocycles. The van der Waals surface area contributed by atoms with Gasteiger partial charge < -0.3 is 4.74 Å². The average Bonchev–Trinajstić information content (AvgIpc) is 3.05. The first-order valence-electron chi connectivity index (χ1n) is 7.03. The molecule has 6 nitrogen and oxygen atoms in total.